The van der Waals surface area contributed by atoms with Crippen LogP contribution >= 0.6 is 11.6 Å². The van der Waals surface area contributed by atoms with Crippen LogP contribution in [-0.2, 0) is 4.79 Å². The second kappa shape index (κ2) is 11.1. The summed E-state index contributed by atoms with van der Waals surface area (Å²) in [6, 6.07) is 4.32. The molecule has 0 saturated carbocycles. The fourth-order valence-corrected chi connectivity index (χ4v) is 2.67. The highest BCUT2D eigenvalue weighted by Crippen LogP contribution is 2.25. The fourth-order valence-electron chi connectivity index (χ4n) is 2.49. The van der Waals surface area contributed by atoms with Crippen LogP contribution in [0, 0.1) is 10.1 Å². The van der Waals surface area contributed by atoms with E-state index in [0.29, 0.717) is 6.42 Å². The number of esters is 1. The molecule has 1 N–H and O–H groups in total. The molecule has 0 aliphatic carbocycles. The number of carbonyl (C=O) groups is 2. The Morgan fingerprint density at radius 3 is 2.52 bits per heavy atom. The molecule has 0 unspecified atom stereocenters. The van der Waals surface area contributed by atoms with Crippen LogP contribution in [0.15, 0.2) is 30.6 Å². The Balaban J connectivity index is 2.03. The maximum absolute atomic E-state index is 12.6. The highest BCUT2D eigenvalue weighted by atomic mass is 35.5. The van der Waals surface area contributed by atoms with E-state index in [1.807, 2.05) is 0 Å². The summed E-state index contributed by atoms with van der Waals surface area (Å²) >= 11 is 5.97. The first-order chi connectivity index (χ1) is 13.9. The summed E-state index contributed by atoms with van der Waals surface area (Å²) in [5.74, 6) is -1.56. The number of nitrogens with zero attached hydrogens (tertiary/aromatic N) is 3. The molecule has 0 atom stereocenters. The summed E-state index contributed by atoms with van der Waals surface area (Å²) in [5, 5.41) is 13.4. The molecule has 1 amide bonds. The average molecular weight is 421 g/mol. The van der Waals surface area contributed by atoms with Crippen molar-refractivity contribution in [1.29, 1.82) is 0 Å². The van der Waals surface area contributed by atoms with Crippen molar-refractivity contribution in [3.63, 3.8) is 0 Å². The lowest BCUT2D eigenvalue weighted by atomic mass is 10.1. The number of rotatable bonds is 10. The van der Waals surface area contributed by atoms with E-state index in [2.05, 4.69) is 22.2 Å². The van der Waals surface area contributed by atoms with Crippen LogP contribution in [-0.4, -0.2) is 26.8 Å². The first-order valence-corrected chi connectivity index (χ1v) is 9.56. The average Bonchev–Trinajstić information content (AvgIpc) is 2.69. The number of hydrogen-bond acceptors (Lipinski definition) is 7. The van der Waals surface area contributed by atoms with Gasteiger partial charge >= 0.3 is 11.9 Å². The molecule has 0 aliphatic heterocycles. The lowest BCUT2D eigenvalue weighted by Crippen LogP contribution is -2.16. The quantitative estimate of drug-likeness (QED) is 0.196. The van der Waals surface area contributed by atoms with Crippen molar-refractivity contribution in [2.75, 3.05) is 5.32 Å². The fraction of sp³-hybridized carbons (Fsp3) is 0.368. The Morgan fingerprint density at radius 2 is 1.86 bits per heavy atom. The Bertz CT molecular complexity index is 873. The number of halogens is 1. The van der Waals surface area contributed by atoms with Gasteiger partial charge in [-0.3, -0.25) is 9.59 Å². The molecule has 0 spiro atoms. The molecule has 10 heteroatoms. The van der Waals surface area contributed by atoms with Crippen molar-refractivity contribution in [1.82, 2.24) is 9.97 Å². The van der Waals surface area contributed by atoms with Crippen molar-refractivity contribution < 1.29 is 19.2 Å². The second-order valence-electron chi connectivity index (χ2n) is 6.26. The van der Waals surface area contributed by atoms with Gasteiger partial charge in [0.25, 0.3) is 5.91 Å². The van der Waals surface area contributed by atoms with Gasteiger partial charge in [0.15, 0.2) is 0 Å². The SMILES string of the molecule is CCCCCCCC(=O)Oc1ccc(Cl)cc1C(=O)Nc1cnc([N+](=O)[O-])nc1. The molecule has 0 bridgehead atoms. The van der Waals surface area contributed by atoms with E-state index < -0.39 is 22.7 Å². The first-order valence-electron chi connectivity index (χ1n) is 9.18. The van der Waals surface area contributed by atoms with Gasteiger partial charge in [-0.05, 0) is 29.5 Å². The topological polar surface area (TPSA) is 124 Å². The molecule has 154 valence electrons. The molecule has 0 aliphatic rings. The van der Waals surface area contributed by atoms with E-state index in [-0.39, 0.29) is 28.4 Å². The zero-order valence-corrected chi connectivity index (χ0v) is 16.6. The van der Waals surface area contributed by atoms with Crippen LogP contribution in [0.2, 0.25) is 5.02 Å². The molecule has 2 rings (SSSR count). The maximum Gasteiger partial charge on any atom is 0.468 e. The molecule has 9 nitrogen and oxygen atoms in total. The van der Waals surface area contributed by atoms with Gasteiger partial charge in [-0.15, -0.1) is 0 Å². The predicted octanol–water partition coefficient (Wildman–Crippen LogP) is 4.56. The van der Waals surface area contributed by atoms with Gasteiger partial charge in [-0.2, -0.15) is 0 Å². The largest absolute Gasteiger partial charge is 0.468 e. The van der Waals surface area contributed by atoms with Gasteiger partial charge in [0.2, 0.25) is 0 Å². The van der Waals surface area contributed by atoms with Crippen LogP contribution in [0.1, 0.15) is 55.8 Å². The zero-order chi connectivity index (χ0) is 21.2. The van der Waals surface area contributed by atoms with Crippen LogP contribution < -0.4 is 10.1 Å². The molecule has 1 aromatic heterocycles. The van der Waals surface area contributed by atoms with E-state index in [1.165, 1.54) is 18.2 Å². The van der Waals surface area contributed by atoms with Crippen LogP contribution in [0.5, 0.6) is 5.75 Å². The number of ether oxygens (including phenoxy) is 1. The minimum absolute atomic E-state index is 0.0511. The van der Waals surface area contributed by atoms with Crippen molar-refractivity contribution in [3.05, 3.63) is 51.3 Å². The molecule has 0 saturated heterocycles. The summed E-state index contributed by atoms with van der Waals surface area (Å²) in [4.78, 5) is 41.6. The second-order valence-corrected chi connectivity index (χ2v) is 6.70. The summed E-state index contributed by atoms with van der Waals surface area (Å²) < 4.78 is 5.34. The maximum atomic E-state index is 12.6. The number of amides is 1. The van der Waals surface area contributed by atoms with E-state index in [4.69, 9.17) is 16.3 Å². The number of benzene rings is 1. The van der Waals surface area contributed by atoms with Crippen molar-refractivity contribution in [2.24, 2.45) is 0 Å². The summed E-state index contributed by atoms with van der Waals surface area (Å²) in [7, 11) is 0. The Hall–Kier alpha value is -3.07. The lowest BCUT2D eigenvalue weighted by Gasteiger charge is -2.10. The molecule has 1 heterocycles. The van der Waals surface area contributed by atoms with E-state index in [0.717, 1.165) is 38.1 Å². The van der Waals surface area contributed by atoms with Gasteiger partial charge in [-0.1, -0.05) is 54.2 Å². The normalized spacial score (nSPS) is 10.4. The molecule has 0 fully saturated rings. The number of anilines is 1. The van der Waals surface area contributed by atoms with E-state index in [9.17, 15) is 19.7 Å². The summed E-state index contributed by atoms with van der Waals surface area (Å²) in [6.07, 6.45) is 7.44. The molecule has 29 heavy (non-hydrogen) atoms. The highest BCUT2D eigenvalue weighted by Gasteiger charge is 2.18. The van der Waals surface area contributed by atoms with Gasteiger partial charge in [0.1, 0.15) is 23.8 Å². The van der Waals surface area contributed by atoms with Gasteiger partial charge in [0, 0.05) is 11.4 Å². The van der Waals surface area contributed by atoms with Crippen LogP contribution in [0.3, 0.4) is 0 Å². The number of hydrogen-bond donors (Lipinski definition) is 1. The Labute approximate surface area is 172 Å². The predicted molar refractivity (Wildman–Crippen MR) is 107 cm³/mol. The third-order valence-electron chi connectivity index (χ3n) is 3.95. The molecular formula is C19H21ClN4O5. The third kappa shape index (κ3) is 7.11. The Morgan fingerprint density at radius 1 is 1.17 bits per heavy atom. The molecular weight excluding hydrogens is 400 g/mol. The minimum Gasteiger partial charge on any atom is -0.426 e. The Kier molecular flexibility index (Phi) is 8.47. The highest BCUT2D eigenvalue weighted by molar-refractivity contribution is 6.31. The monoisotopic (exact) mass is 420 g/mol. The third-order valence-corrected chi connectivity index (χ3v) is 4.19. The van der Waals surface area contributed by atoms with Gasteiger partial charge < -0.3 is 20.2 Å². The molecule has 2 aromatic rings. The number of aromatic nitrogens is 2. The standard InChI is InChI=1S/C19H21ClN4O5/c1-2-3-4-5-6-7-17(25)29-16-9-8-13(20)10-15(16)18(26)23-14-11-21-19(22-12-14)24(27)28/h8-12H,2-7H2,1H3,(H,23,26). The van der Waals surface area contributed by atoms with Crippen molar-refractivity contribution in [2.45, 2.75) is 45.4 Å². The van der Waals surface area contributed by atoms with Crippen LogP contribution in [0.25, 0.3) is 0 Å². The van der Waals surface area contributed by atoms with Crippen molar-refractivity contribution >= 4 is 35.1 Å². The van der Waals surface area contributed by atoms with E-state index in [1.54, 1.807) is 0 Å². The van der Waals surface area contributed by atoms with Gasteiger partial charge in [0.05, 0.1) is 5.56 Å². The molecule has 0 radical (unpaired) electrons. The first kappa shape index (κ1) is 22.2. The van der Waals surface area contributed by atoms with E-state index >= 15 is 0 Å². The summed E-state index contributed by atoms with van der Waals surface area (Å²) in [6.45, 7) is 2.12. The number of nitro groups is 1. The summed E-state index contributed by atoms with van der Waals surface area (Å²) in [5.41, 5.74) is 0.198. The number of nitrogens with one attached hydrogen (secondary N) is 1. The van der Waals surface area contributed by atoms with Crippen molar-refractivity contribution in [3.8, 4) is 5.75 Å². The zero-order valence-electron chi connectivity index (χ0n) is 15.9. The lowest BCUT2D eigenvalue weighted by molar-refractivity contribution is -0.394. The number of carbonyl (C=O) groups excluding carboxylic acids is 2. The minimum atomic E-state index is -0.748. The van der Waals surface area contributed by atoms with Crippen LogP contribution in [0.4, 0.5) is 11.6 Å². The van der Waals surface area contributed by atoms with Gasteiger partial charge in [-0.25, -0.2) is 0 Å². The smallest absolute Gasteiger partial charge is 0.426 e. The number of unbranched alkanes of at least 4 members (excludes halogenated alkanes) is 4. The molecule has 1 aromatic carbocycles.